The molecule has 2 heterocycles. The molecule has 0 aliphatic carbocycles. The van der Waals surface area contributed by atoms with Crippen molar-refractivity contribution in [3.05, 3.63) is 35.9 Å². The predicted octanol–water partition coefficient (Wildman–Crippen LogP) is 2.82. The molecular formula is C16H18N2O2S. The molecule has 1 aliphatic rings. The Morgan fingerprint density at radius 2 is 2.24 bits per heavy atom. The Morgan fingerprint density at radius 3 is 3.00 bits per heavy atom. The molecule has 1 fully saturated rings. The average Bonchev–Trinajstić information content (AvgIpc) is 2.53. The highest BCUT2D eigenvalue weighted by atomic mass is 32.1. The summed E-state index contributed by atoms with van der Waals surface area (Å²) >= 11 is 5.11. The number of hydrogen-bond donors (Lipinski definition) is 1. The first-order valence-electron chi connectivity index (χ1n) is 7.18. The standard InChI is InChI=1S/C16H18N2O2S/c17-15(21)13-9-11-5-1-2-7-14(11)18-16(13)20-10-12-6-3-4-8-19-12/h1-2,5,7,9,12H,3-4,6,8,10H2,(H2,17,21). The van der Waals surface area contributed by atoms with Gasteiger partial charge >= 0.3 is 0 Å². The van der Waals surface area contributed by atoms with Gasteiger partial charge in [-0.1, -0.05) is 30.4 Å². The molecule has 0 amide bonds. The van der Waals surface area contributed by atoms with Crippen LogP contribution in [0.4, 0.5) is 0 Å². The number of nitrogens with zero attached hydrogens (tertiary/aromatic N) is 1. The van der Waals surface area contributed by atoms with E-state index < -0.39 is 0 Å². The monoisotopic (exact) mass is 302 g/mol. The highest BCUT2D eigenvalue weighted by Gasteiger charge is 2.17. The van der Waals surface area contributed by atoms with Gasteiger partial charge in [-0.15, -0.1) is 0 Å². The summed E-state index contributed by atoms with van der Waals surface area (Å²) in [4.78, 5) is 4.83. The minimum Gasteiger partial charge on any atom is -0.474 e. The largest absolute Gasteiger partial charge is 0.474 e. The Labute approximate surface area is 129 Å². The molecule has 1 aromatic heterocycles. The van der Waals surface area contributed by atoms with Crippen LogP contribution in [0.25, 0.3) is 10.9 Å². The van der Waals surface area contributed by atoms with Crippen molar-refractivity contribution in [1.29, 1.82) is 0 Å². The fraction of sp³-hybridized carbons (Fsp3) is 0.375. The van der Waals surface area contributed by atoms with Crippen LogP contribution in [0.5, 0.6) is 5.88 Å². The van der Waals surface area contributed by atoms with Crippen LogP contribution in [0.2, 0.25) is 0 Å². The van der Waals surface area contributed by atoms with Crippen molar-refractivity contribution in [2.45, 2.75) is 25.4 Å². The third kappa shape index (κ3) is 3.31. The highest BCUT2D eigenvalue weighted by molar-refractivity contribution is 7.80. The summed E-state index contributed by atoms with van der Waals surface area (Å²) in [6.07, 6.45) is 3.46. The fourth-order valence-corrected chi connectivity index (χ4v) is 2.64. The quantitative estimate of drug-likeness (QED) is 0.880. The van der Waals surface area contributed by atoms with E-state index in [0.717, 1.165) is 30.4 Å². The normalized spacial score (nSPS) is 18.6. The van der Waals surface area contributed by atoms with E-state index >= 15 is 0 Å². The van der Waals surface area contributed by atoms with Crippen LogP contribution in [0.3, 0.4) is 0 Å². The summed E-state index contributed by atoms with van der Waals surface area (Å²) in [7, 11) is 0. The fourth-order valence-electron chi connectivity index (χ4n) is 2.50. The third-order valence-electron chi connectivity index (χ3n) is 3.63. The zero-order valence-electron chi connectivity index (χ0n) is 11.7. The molecule has 0 spiro atoms. The van der Waals surface area contributed by atoms with E-state index in [-0.39, 0.29) is 6.10 Å². The van der Waals surface area contributed by atoms with Crippen molar-refractivity contribution in [3.63, 3.8) is 0 Å². The van der Waals surface area contributed by atoms with Gasteiger partial charge < -0.3 is 15.2 Å². The van der Waals surface area contributed by atoms with Crippen LogP contribution >= 0.6 is 12.2 Å². The van der Waals surface area contributed by atoms with Crippen LogP contribution in [0, 0.1) is 0 Å². The Kier molecular flexibility index (Phi) is 4.31. The maximum absolute atomic E-state index is 5.84. The zero-order chi connectivity index (χ0) is 14.7. The van der Waals surface area contributed by atoms with Gasteiger partial charge in [-0.2, -0.15) is 0 Å². The first-order chi connectivity index (χ1) is 10.2. The molecule has 2 N–H and O–H groups in total. The van der Waals surface area contributed by atoms with Crippen LogP contribution in [-0.4, -0.2) is 29.3 Å². The molecule has 1 aromatic carbocycles. The number of nitrogens with two attached hydrogens (primary N) is 1. The number of aromatic nitrogens is 1. The lowest BCUT2D eigenvalue weighted by molar-refractivity contribution is -0.0119. The van der Waals surface area contributed by atoms with E-state index in [2.05, 4.69) is 4.98 Å². The second-order valence-electron chi connectivity index (χ2n) is 5.20. The molecule has 0 saturated carbocycles. The van der Waals surface area contributed by atoms with Gasteiger partial charge in [0.2, 0.25) is 5.88 Å². The van der Waals surface area contributed by atoms with Gasteiger partial charge in [-0.25, -0.2) is 4.98 Å². The van der Waals surface area contributed by atoms with Gasteiger partial charge in [0, 0.05) is 12.0 Å². The molecule has 2 aromatic rings. The molecule has 1 aliphatic heterocycles. The summed E-state index contributed by atoms with van der Waals surface area (Å²) < 4.78 is 11.5. The molecule has 1 atom stereocenters. The summed E-state index contributed by atoms with van der Waals surface area (Å²) in [6.45, 7) is 1.29. The number of fused-ring (bicyclic) bond motifs is 1. The first-order valence-corrected chi connectivity index (χ1v) is 7.59. The number of hydrogen-bond acceptors (Lipinski definition) is 4. The highest BCUT2D eigenvalue weighted by Crippen LogP contribution is 2.23. The molecule has 21 heavy (non-hydrogen) atoms. The molecule has 3 rings (SSSR count). The van der Waals surface area contributed by atoms with Gasteiger partial charge in [0.15, 0.2) is 0 Å². The molecule has 110 valence electrons. The second-order valence-corrected chi connectivity index (χ2v) is 5.64. The Balaban J connectivity index is 1.84. The first kappa shape index (κ1) is 14.2. The molecular weight excluding hydrogens is 284 g/mol. The lowest BCUT2D eigenvalue weighted by Crippen LogP contribution is -2.26. The van der Waals surface area contributed by atoms with Crippen LogP contribution in [-0.2, 0) is 4.74 Å². The SMILES string of the molecule is NC(=S)c1cc2ccccc2nc1OCC1CCCCO1. The Bertz CT molecular complexity index is 654. The van der Waals surface area contributed by atoms with Crippen LogP contribution in [0.1, 0.15) is 24.8 Å². The minimum absolute atomic E-state index is 0.131. The van der Waals surface area contributed by atoms with Crippen molar-refractivity contribution in [2.24, 2.45) is 5.73 Å². The average molecular weight is 302 g/mol. The zero-order valence-corrected chi connectivity index (χ0v) is 12.6. The number of ether oxygens (including phenoxy) is 2. The van der Waals surface area contributed by atoms with Crippen molar-refractivity contribution < 1.29 is 9.47 Å². The summed E-state index contributed by atoms with van der Waals surface area (Å²) in [5.74, 6) is 0.496. The van der Waals surface area contributed by atoms with Gasteiger partial charge in [0.1, 0.15) is 11.6 Å². The predicted molar refractivity (Wildman–Crippen MR) is 86.7 cm³/mol. The maximum atomic E-state index is 5.84. The molecule has 1 saturated heterocycles. The Hall–Kier alpha value is -1.72. The number of pyridine rings is 1. The van der Waals surface area contributed by atoms with E-state index in [1.54, 1.807) is 0 Å². The van der Waals surface area contributed by atoms with Gasteiger partial charge in [0.05, 0.1) is 17.2 Å². The van der Waals surface area contributed by atoms with Crippen LogP contribution < -0.4 is 10.5 Å². The number of rotatable bonds is 4. The smallest absolute Gasteiger partial charge is 0.224 e. The number of benzene rings is 1. The number of thiocarbonyl (C=S) groups is 1. The van der Waals surface area contributed by atoms with Gasteiger partial charge in [-0.05, 0) is 31.4 Å². The summed E-state index contributed by atoms with van der Waals surface area (Å²) in [5.41, 5.74) is 7.35. The molecule has 5 heteroatoms. The number of para-hydroxylation sites is 1. The van der Waals surface area contributed by atoms with E-state index in [1.165, 1.54) is 6.42 Å². The molecule has 1 unspecified atom stereocenters. The topological polar surface area (TPSA) is 57.4 Å². The van der Waals surface area contributed by atoms with Gasteiger partial charge in [0.25, 0.3) is 0 Å². The molecule has 0 radical (unpaired) electrons. The van der Waals surface area contributed by atoms with Gasteiger partial charge in [-0.3, -0.25) is 0 Å². The molecule has 4 nitrogen and oxygen atoms in total. The summed E-state index contributed by atoms with van der Waals surface area (Å²) in [6, 6.07) is 9.77. The van der Waals surface area contributed by atoms with E-state index in [4.69, 9.17) is 27.4 Å². The summed E-state index contributed by atoms with van der Waals surface area (Å²) in [5, 5.41) is 1.00. The minimum atomic E-state index is 0.131. The Morgan fingerprint density at radius 1 is 1.38 bits per heavy atom. The second kappa shape index (κ2) is 6.37. The maximum Gasteiger partial charge on any atom is 0.224 e. The van der Waals surface area contributed by atoms with Crippen molar-refractivity contribution in [2.75, 3.05) is 13.2 Å². The lowest BCUT2D eigenvalue weighted by atomic mass is 10.1. The third-order valence-corrected chi connectivity index (χ3v) is 3.85. The van der Waals surface area contributed by atoms with Crippen LogP contribution in [0.15, 0.2) is 30.3 Å². The van der Waals surface area contributed by atoms with Crippen molar-refractivity contribution in [1.82, 2.24) is 4.98 Å². The van der Waals surface area contributed by atoms with E-state index in [0.29, 0.717) is 23.0 Å². The van der Waals surface area contributed by atoms with E-state index in [9.17, 15) is 0 Å². The van der Waals surface area contributed by atoms with Crippen molar-refractivity contribution in [3.8, 4) is 5.88 Å². The van der Waals surface area contributed by atoms with Crippen molar-refractivity contribution >= 4 is 28.1 Å². The molecule has 0 bridgehead atoms. The lowest BCUT2D eigenvalue weighted by Gasteiger charge is -2.22. The van der Waals surface area contributed by atoms with E-state index in [1.807, 2.05) is 30.3 Å².